The van der Waals surface area contributed by atoms with Crippen LogP contribution in [0.25, 0.3) is 0 Å². The highest BCUT2D eigenvalue weighted by Gasteiger charge is 2.43. The van der Waals surface area contributed by atoms with Crippen molar-refractivity contribution >= 4 is 5.91 Å². The third-order valence-electron chi connectivity index (χ3n) is 4.88. The maximum absolute atomic E-state index is 13.1. The molecule has 2 aromatic rings. The number of alkyl halides is 2. The van der Waals surface area contributed by atoms with Gasteiger partial charge in [-0.05, 0) is 61.7 Å². The van der Waals surface area contributed by atoms with Gasteiger partial charge in [0.15, 0.2) is 17.3 Å². The van der Waals surface area contributed by atoms with Gasteiger partial charge < -0.3 is 19.2 Å². The van der Waals surface area contributed by atoms with Gasteiger partial charge in [0.2, 0.25) is 0 Å². The van der Waals surface area contributed by atoms with E-state index in [1.807, 2.05) is 0 Å². The fraction of sp³-hybridized carbons (Fsp3) is 0.421. The zero-order chi connectivity index (χ0) is 18.9. The number of hydrogen-bond acceptors (Lipinski definition) is 5. The molecule has 144 valence electrons. The van der Waals surface area contributed by atoms with Crippen molar-refractivity contribution in [2.45, 2.75) is 25.7 Å². The normalized spacial score (nSPS) is 19.2. The molecule has 1 fully saturated rings. The van der Waals surface area contributed by atoms with Crippen molar-refractivity contribution in [2.75, 3.05) is 19.6 Å². The number of furan rings is 1. The van der Waals surface area contributed by atoms with E-state index in [9.17, 15) is 13.6 Å². The van der Waals surface area contributed by atoms with Crippen LogP contribution in [0.2, 0.25) is 0 Å². The summed E-state index contributed by atoms with van der Waals surface area (Å²) in [6.45, 7) is 3.04. The minimum absolute atomic E-state index is 0.0646. The minimum Gasteiger partial charge on any atom is -0.459 e. The molecule has 1 amide bonds. The zero-order valence-corrected chi connectivity index (χ0v) is 14.6. The molecule has 8 heteroatoms. The van der Waals surface area contributed by atoms with Crippen LogP contribution < -0.4 is 14.8 Å². The zero-order valence-electron chi connectivity index (χ0n) is 14.6. The molecule has 0 spiro atoms. The van der Waals surface area contributed by atoms with Crippen LogP contribution in [-0.2, 0) is 6.54 Å². The standard InChI is InChI=1S/C19H20F2N2O4/c20-19(21)26-15-4-3-14(10-17(15)27-19)12-23-7-5-13(6-8-23)11-22-18(24)16-2-1-9-25-16/h1-4,9-10,13H,5-8,11-12H2,(H,22,24). The molecule has 0 unspecified atom stereocenters. The number of amides is 1. The maximum atomic E-state index is 13.1. The van der Waals surface area contributed by atoms with Crippen LogP contribution >= 0.6 is 0 Å². The summed E-state index contributed by atoms with van der Waals surface area (Å²) in [6.07, 6.45) is -0.188. The van der Waals surface area contributed by atoms with Gasteiger partial charge in [0.25, 0.3) is 5.91 Å². The Hall–Kier alpha value is -2.61. The Bertz CT molecular complexity index is 802. The van der Waals surface area contributed by atoms with Crippen LogP contribution in [0.4, 0.5) is 8.78 Å². The van der Waals surface area contributed by atoms with Crippen molar-refractivity contribution in [3.8, 4) is 11.5 Å². The SMILES string of the molecule is O=C(NCC1CCN(Cc2ccc3c(c2)OC(F)(F)O3)CC1)c1ccco1. The Morgan fingerprint density at radius 3 is 2.70 bits per heavy atom. The Balaban J connectivity index is 1.24. The van der Waals surface area contributed by atoms with Gasteiger partial charge in [0.05, 0.1) is 6.26 Å². The van der Waals surface area contributed by atoms with E-state index in [0.717, 1.165) is 31.5 Å². The molecule has 2 aliphatic rings. The second kappa shape index (κ2) is 7.19. The van der Waals surface area contributed by atoms with Crippen LogP contribution in [-0.4, -0.2) is 36.7 Å². The molecule has 2 aliphatic heterocycles. The first-order valence-corrected chi connectivity index (χ1v) is 8.91. The first-order valence-electron chi connectivity index (χ1n) is 8.91. The minimum atomic E-state index is -3.58. The predicted octanol–water partition coefficient (Wildman–Crippen LogP) is 3.24. The van der Waals surface area contributed by atoms with Crippen molar-refractivity contribution in [2.24, 2.45) is 5.92 Å². The van der Waals surface area contributed by atoms with E-state index in [-0.39, 0.29) is 17.4 Å². The van der Waals surface area contributed by atoms with Gasteiger partial charge in [0, 0.05) is 13.1 Å². The molecule has 6 nitrogen and oxygen atoms in total. The summed E-state index contributed by atoms with van der Waals surface area (Å²) in [5, 5.41) is 2.90. The monoisotopic (exact) mass is 378 g/mol. The van der Waals surface area contributed by atoms with Crippen LogP contribution in [0.5, 0.6) is 11.5 Å². The van der Waals surface area contributed by atoms with Crippen molar-refractivity contribution in [1.29, 1.82) is 0 Å². The number of halogens is 2. The summed E-state index contributed by atoms with van der Waals surface area (Å²) in [5.41, 5.74) is 0.902. The Kier molecular flexibility index (Phi) is 4.73. The second-order valence-electron chi connectivity index (χ2n) is 6.86. The van der Waals surface area contributed by atoms with Gasteiger partial charge in [-0.1, -0.05) is 6.07 Å². The first kappa shape index (κ1) is 17.8. The molecule has 0 atom stereocenters. The average Bonchev–Trinajstić information content (AvgIpc) is 3.27. The van der Waals surface area contributed by atoms with E-state index < -0.39 is 6.29 Å². The fourth-order valence-electron chi connectivity index (χ4n) is 3.43. The van der Waals surface area contributed by atoms with E-state index >= 15 is 0 Å². The lowest BCUT2D eigenvalue weighted by atomic mass is 9.96. The third kappa shape index (κ3) is 4.21. The van der Waals surface area contributed by atoms with Gasteiger partial charge in [-0.2, -0.15) is 0 Å². The molecule has 27 heavy (non-hydrogen) atoms. The number of nitrogens with zero attached hydrogens (tertiary/aromatic N) is 1. The quantitative estimate of drug-likeness (QED) is 0.865. The van der Waals surface area contributed by atoms with E-state index in [1.54, 1.807) is 24.3 Å². The maximum Gasteiger partial charge on any atom is 0.586 e. The van der Waals surface area contributed by atoms with Crippen LogP contribution in [0.15, 0.2) is 41.0 Å². The molecule has 1 aromatic carbocycles. The lowest BCUT2D eigenvalue weighted by Crippen LogP contribution is -2.38. The number of likely N-dealkylation sites (tertiary alicyclic amines) is 1. The molecule has 3 heterocycles. The summed E-state index contributed by atoms with van der Waals surface area (Å²) < 4.78 is 40.2. The molecule has 1 aromatic heterocycles. The number of piperidine rings is 1. The highest BCUT2D eigenvalue weighted by Crippen LogP contribution is 2.41. The molecule has 1 saturated heterocycles. The molecular weight excluding hydrogens is 358 g/mol. The second-order valence-corrected chi connectivity index (χ2v) is 6.86. The van der Waals surface area contributed by atoms with E-state index in [2.05, 4.69) is 19.7 Å². The van der Waals surface area contributed by atoms with E-state index in [4.69, 9.17) is 4.42 Å². The number of rotatable bonds is 5. The predicted molar refractivity (Wildman–Crippen MR) is 91.7 cm³/mol. The number of ether oxygens (including phenoxy) is 2. The molecule has 0 radical (unpaired) electrons. The Labute approximate surface area is 155 Å². The molecule has 0 aliphatic carbocycles. The molecule has 0 bridgehead atoms. The lowest BCUT2D eigenvalue weighted by Gasteiger charge is -2.32. The van der Waals surface area contributed by atoms with Crippen molar-refractivity contribution in [3.63, 3.8) is 0 Å². The number of carbonyl (C=O) groups is 1. The summed E-state index contributed by atoms with van der Waals surface area (Å²) in [6, 6.07) is 8.22. The third-order valence-corrected chi connectivity index (χ3v) is 4.88. The molecule has 4 rings (SSSR count). The van der Waals surface area contributed by atoms with Crippen molar-refractivity contribution < 1.29 is 27.5 Å². The van der Waals surface area contributed by atoms with Gasteiger partial charge in [-0.15, -0.1) is 8.78 Å². The van der Waals surface area contributed by atoms with Crippen molar-refractivity contribution in [1.82, 2.24) is 10.2 Å². The first-order chi connectivity index (χ1) is 13.0. The summed E-state index contributed by atoms with van der Waals surface area (Å²) in [5.74, 6) is 0.679. The largest absolute Gasteiger partial charge is 0.586 e. The Morgan fingerprint density at radius 2 is 1.96 bits per heavy atom. The fourth-order valence-corrected chi connectivity index (χ4v) is 3.43. The van der Waals surface area contributed by atoms with Crippen molar-refractivity contribution in [3.05, 3.63) is 47.9 Å². The van der Waals surface area contributed by atoms with E-state index in [0.29, 0.717) is 24.8 Å². The van der Waals surface area contributed by atoms with Crippen LogP contribution in [0.3, 0.4) is 0 Å². The number of nitrogens with one attached hydrogen (secondary N) is 1. The summed E-state index contributed by atoms with van der Waals surface area (Å²) in [4.78, 5) is 14.2. The molecular formula is C19H20F2N2O4. The Morgan fingerprint density at radius 1 is 1.19 bits per heavy atom. The number of hydrogen-bond donors (Lipinski definition) is 1. The van der Waals surface area contributed by atoms with Crippen LogP contribution in [0, 0.1) is 5.92 Å². The van der Waals surface area contributed by atoms with E-state index in [1.165, 1.54) is 12.3 Å². The molecule has 0 saturated carbocycles. The van der Waals surface area contributed by atoms with Gasteiger partial charge in [0.1, 0.15) is 0 Å². The lowest BCUT2D eigenvalue weighted by molar-refractivity contribution is -0.286. The number of fused-ring (bicyclic) bond motifs is 1. The smallest absolute Gasteiger partial charge is 0.459 e. The molecule has 1 N–H and O–H groups in total. The average molecular weight is 378 g/mol. The topological polar surface area (TPSA) is 63.9 Å². The number of carbonyl (C=O) groups excluding carboxylic acids is 1. The van der Waals surface area contributed by atoms with Crippen LogP contribution in [0.1, 0.15) is 29.0 Å². The highest BCUT2D eigenvalue weighted by atomic mass is 19.3. The van der Waals surface area contributed by atoms with Gasteiger partial charge in [-0.3, -0.25) is 9.69 Å². The van der Waals surface area contributed by atoms with Gasteiger partial charge >= 0.3 is 6.29 Å². The highest BCUT2D eigenvalue weighted by molar-refractivity contribution is 5.91. The summed E-state index contributed by atoms with van der Waals surface area (Å²) in [7, 11) is 0. The summed E-state index contributed by atoms with van der Waals surface area (Å²) >= 11 is 0. The number of benzene rings is 1. The van der Waals surface area contributed by atoms with Gasteiger partial charge in [-0.25, -0.2) is 0 Å².